The number of carbonyl (C=O) groups is 2. The van der Waals surface area contributed by atoms with Gasteiger partial charge in [0.25, 0.3) is 0 Å². The van der Waals surface area contributed by atoms with Crippen molar-refractivity contribution in [3.05, 3.63) is 59.9 Å². The Morgan fingerprint density at radius 3 is 1.54 bits per heavy atom. The first-order chi connectivity index (χ1) is 11.5. The van der Waals surface area contributed by atoms with E-state index in [4.69, 9.17) is 11.5 Å². The smallest absolute Gasteiger partial charge is 0.248 e. The predicted octanol–water partition coefficient (Wildman–Crippen LogP) is 1.32. The number of nitrogens with one attached hydrogen (secondary N) is 2. The van der Waals surface area contributed by atoms with Crippen LogP contribution in [0.1, 0.15) is 20.7 Å². The average Bonchev–Trinajstić information content (AvgIpc) is 3.22. The van der Waals surface area contributed by atoms with Crippen molar-refractivity contribution < 1.29 is 9.59 Å². The van der Waals surface area contributed by atoms with Gasteiger partial charge in [0.15, 0.2) is 0 Å². The highest BCUT2D eigenvalue weighted by atomic mass is 16.1. The number of hydrogen-bond donors (Lipinski definition) is 4. The molecule has 4 rings (SSSR count). The Bertz CT molecular complexity index is 949. The SMILES string of the molecule is NC(=O)c1ccc2[nH]ncc2c1.NC(=O)c1ccc2[nH]ncc2c1. The van der Waals surface area contributed by atoms with Crippen LogP contribution in [-0.2, 0) is 0 Å². The van der Waals surface area contributed by atoms with Crippen molar-refractivity contribution in [1.29, 1.82) is 0 Å². The first kappa shape index (κ1) is 15.2. The maximum atomic E-state index is 10.8. The predicted molar refractivity (Wildman–Crippen MR) is 89.2 cm³/mol. The summed E-state index contributed by atoms with van der Waals surface area (Å²) in [4.78, 5) is 21.5. The number of primary amides is 2. The number of rotatable bonds is 2. The second-order valence-corrected chi connectivity index (χ2v) is 5.07. The number of carbonyl (C=O) groups excluding carboxylic acids is 2. The van der Waals surface area contributed by atoms with E-state index in [9.17, 15) is 9.59 Å². The quantitative estimate of drug-likeness (QED) is 0.441. The van der Waals surface area contributed by atoms with E-state index in [1.54, 1.807) is 48.8 Å². The fourth-order valence-electron chi connectivity index (χ4n) is 2.19. The van der Waals surface area contributed by atoms with Crippen molar-refractivity contribution in [2.75, 3.05) is 0 Å². The van der Waals surface area contributed by atoms with E-state index in [1.807, 2.05) is 0 Å². The van der Waals surface area contributed by atoms with E-state index in [1.165, 1.54) is 0 Å². The van der Waals surface area contributed by atoms with Gasteiger partial charge in [-0.1, -0.05) is 0 Å². The van der Waals surface area contributed by atoms with Gasteiger partial charge < -0.3 is 11.5 Å². The lowest BCUT2D eigenvalue weighted by Gasteiger charge is -1.93. The molecule has 4 aromatic rings. The largest absolute Gasteiger partial charge is 0.366 e. The molecule has 6 N–H and O–H groups in total. The molecule has 0 aliphatic heterocycles. The van der Waals surface area contributed by atoms with Gasteiger partial charge in [0.1, 0.15) is 0 Å². The van der Waals surface area contributed by atoms with Gasteiger partial charge in [0, 0.05) is 21.9 Å². The number of hydrogen-bond acceptors (Lipinski definition) is 4. The van der Waals surface area contributed by atoms with Crippen LogP contribution in [0.25, 0.3) is 21.8 Å². The van der Waals surface area contributed by atoms with Gasteiger partial charge in [-0.05, 0) is 36.4 Å². The summed E-state index contributed by atoms with van der Waals surface area (Å²) in [5.41, 5.74) is 13.0. The maximum Gasteiger partial charge on any atom is 0.248 e. The van der Waals surface area contributed by atoms with E-state index < -0.39 is 11.8 Å². The fourth-order valence-corrected chi connectivity index (χ4v) is 2.19. The summed E-state index contributed by atoms with van der Waals surface area (Å²) in [6.45, 7) is 0. The van der Waals surface area contributed by atoms with E-state index in [0.29, 0.717) is 11.1 Å². The molecule has 0 unspecified atom stereocenters. The zero-order chi connectivity index (χ0) is 17.1. The van der Waals surface area contributed by atoms with Crippen molar-refractivity contribution in [2.45, 2.75) is 0 Å². The third-order valence-corrected chi connectivity index (χ3v) is 3.45. The molecule has 0 radical (unpaired) electrons. The first-order valence-electron chi connectivity index (χ1n) is 7.00. The Morgan fingerprint density at radius 2 is 1.17 bits per heavy atom. The summed E-state index contributed by atoms with van der Waals surface area (Å²) in [5.74, 6) is -0.837. The van der Waals surface area contributed by atoms with Crippen molar-refractivity contribution in [3.63, 3.8) is 0 Å². The van der Waals surface area contributed by atoms with Crippen molar-refractivity contribution in [3.8, 4) is 0 Å². The third kappa shape index (κ3) is 3.07. The molecule has 0 bridgehead atoms. The van der Waals surface area contributed by atoms with Crippen molar-refractivity contribution in [2.24, 2.45) is 11.5 Å². The monoisotopic (exact) mass is 322 g/mol. The Labute approximate surface area is 135 Å². The molecule has 0 fully saturated rings. The number of aromatic amines is 2. The second kappa shape index (κ2) is 6.21. The molecular weight excluding hydrogens is 308 g/mol. The van der Waals surface area contributed by atoms with Crippen LogP contribution >= 0.6 is 0 Å². The molecule has 2 heterocycles. The third-order valence-electron chi connectivity index (χ3n) is 3.45. The lowest BCUT2D eigenvalue weighted by molar-refractivity contribution is 0.0992. The van der Waals surface area contributed by atoms with E-state index in [0.717, 1.165) is 21.8 Å². The minimum absolute atomic E-state index is 0.418. The first-order valence-corrected chi connectivity index (χ1v) is 7.00. The number of H-pyrrole nitrogens is 2. The molecule has 0 saturated heterocycles. The van der Waals surface area contributed by atoms with Gasteiger partial charge in [-0.2, -0.15) is 10.2 Å². The maximum absolute atomic E-state index is 10.8. The van der Waals surface area contributed by atoms with E-state index in [-0.39, 0.29) is 0 Å². The van der Waals surface area contributed by atoms with Crippen molar-refractivity contribution >= 4 is 33.6 Å². The van der Waals surface area contributed by atoms with Gasteiger partial charge in [-0.3, -0.25) is 19.8 Å². The second-order valence-electron chi connectivity index (χ2n) is 5.07. The molecule has 8 heteroatoms. The number of amides is 2. The standard InChI is InChI=1S/2C8H7N3O/c2*9-8(12)5-1-2-7-6(3-5)4-10-11-7/h2*1-4H,(H2,9,12)(H,10,11). The minimum Gasteiger partial charge on any atom is -0.366 e. The molecule has 24 heavy (non-hydrogen) atoms. The van der Waals surface area contributed by atoms with Crippen LogP contribution in [0.15, 0.2) is 48.8 Å². The van der Waals surface area contributed by atoms with Crippen LogP contribution in [-0.4, -0.2) is 32.2 Å². The van der Waals surface area contributed by atoms with E-state index >= 15 is 0 Å². The highest BCUT2D eigenvalue weighted by Crippen LogP contribution is 2.12. The summed E-state index contributed by atoms with van der Waals surface area (Å²) in [6, 6.07) is 10.3. The Hall–Kier alpha value is -3.68. The van der Waals surface area contributed by atoms with Crippen LogP contribution < -0.4 is 11.5 Å². The summed E-state index contributed by atoms with van der Waals surface area (Å²) in [6.07, 6.45) is 3.31. The molecule has 2 aromatic carbocycles. The minimum atomic E-state index is -0.418. The molecule has 0 aliphatic carbocycles. The number of aromatic nitrogens is 4. The van der Waals surface area contributed by atoms with Gasteiger partial charge in [0.05, 0.1) is 23.4 Å². The molecule has 0 aliphatic rings. The van der Waals surface area contributed by atoms with Gasteiger partial charge in [0.2, 0.25) is 11.8 Å². The van der Waals surface area contributed by atoms with Gasteiger partial charge in [-0.15, -0.1) is 0 Å². The summed E-state index contributed by atoms with van der Waals surface area (Å²) < 4.78 is 0. The van der Waals surface area contributed by atoms with Gasteiger partial charge >= 0.3 is 0 Å². The molecule has 2 amide bonds. The molecule has 0 spiro atoms. The summed E-state index contributed by atoms with van der Waals surface area (Å²) in [5, 5.41) is 15.0. The van der Waals surface area contributed by atoms with E-state index in [2.05, 4.69) is 20.4 Å². The number of benzene rings is 2. The Morgan fingerprint density at radius 1 is 0.750 bits per heavy atom. The van der Waals surface area contributed by atoms with Crippen molar-refractivity contribution in [1.82, 2.24) is 20.4 Å². The molecule has 2 aromatic heterocycles. The fraction of sp³-hybridized carbons (Fsp3) is 0. The van der Waals surface area contributed by atoms with Crippen LogP contribution in [0, 0.1) is 0 Å². The topological polar surface area (TPSA) is 144 Å². The zero-order valence-electron chi connectivity index (χ0n) is 12.5. The normalized spacial score (nSPS) is 10.3. The van der Waals surface area contributed by atoms with Crippen LogP contribution in [0.2, 0.25) is 0 Å². The van der Waals surface area contributed by atoms with Crippen LogP contribution in [0.5, 0.6) is 0 Å². The summed E-state index contributed by atoms with van der Waals surface area (Å²) in [7, 11) is 0. The summed E-state index contributed by atoms with van der Waals surface area (Å²) >= 11 is 0. The molecule has 8 nitrogen and oxygen atoms in total. The molecular formula is C16H14N6O2. The highest BCUT2D eigenvalue weighted by Gasteiger charge is 2.02. The number of nitrogens with two attached hydrogens (primary N) is 2. The molecule has 0 saturated carbocycles. The molecule has 120 valence electrons. The highest BCUT2D eigenvalue weighted by molar-refractivity contribution is 5.97. The van der Waals surface area contributed by atoms with Crippen LogP contribution in [0.3, 0.4) is 0 Å². The van der Waals surface area contributed by atoms with Gasteiger partial charge in [-0.25, -0.2) is 0 Å². The lowest BCUT2D eigenvalue weighted by Crippen LogP contribution is -2.10. The average molecular weight is 322 g/mol. The number of nitrogens with zero attached hydrogens (tertiary/aromatic N) is 2. The van der Waals surface area contributed by atoms with Crippen LogP contribution in [0.4, 0.5) is 0 Å². The Kier molecular flexibility index (Phi) is 3.94. The molecule has 0 atom stereocenters. The zero-order valence-corrected chi connectivity index (χ0v) is 12.5. The Balaban J connectivity index is 0.000000141. The number of fused-ring (bicyclic) bond motifs is 2. The lowest BCUT2D eigenvalue weighted by atomic mass is 10.1.